The maximum atomic E-state index is 12.6. The fourth-order valence-corrected chi connectivity index (χ4v) is 4.08. The summed E-state index contributed by atoms with van der Waals surface area (Å²) in [6, 6.07) is 8.12. The van der Waals surface area contributed by atoms with Crippen molar-refractivity contribution < 1.29 is 18.3 Å². The molecule has 0 bridgehead atoms. The van der Waals surface area contributed by atoms with Crippen LogP contribution in [0.15, 0.2) is 62.9 Å². The number of sulfone groups is 1. The molecule has 1 aromatic carbocycles. The molecule has 2 N–H and O–H groups in total. The molecule has 0 radical (unpaired) electrons. The number of aliphatic hydroxyl groups excluding tert-OH is 1. The molecule has 1 aromatic heterocycles. The smallest absolute Gasteiger partial charge is 0.266 e. The number of nitrogens with zero attached hydrogens (tertiary/aromatic N) is 1. The molecule has 0 saturated carbocycles. The molecule has 0 spiro atoms. The SMILES string of the molecule is O=C1NCCC(O)=C1S(=O)(=O)c1ccc(-n2cc(Cl)ccc2=O)cc1. The molecule has 1 aliphatic heterocycles. The number of aromatic nitrogens is 1. The van der Waals surface area contributed by atoms with E-state index in [1.165, 1.54) is 47.2 Å². The minimum absolute atomic E-state index is 0.0519. The van der Waals surface area contributed by atoms with Gasteiger partial charge in [0, 0.05) is 30.9 Å². The Hall–Kier alpha value is -2.58. The normalized spacial score (nSPS) is 15.2. The van der Waals surface area contributed by atoms with Crippen LogP contribution in [-0.2, 0) is 14.6 Å². The first kappa shape index (κ1) is 17.2. The number of aliphatic hydroxyl groups is 1. The third-order valence-electron chi connectivity index (χ3n) is 3.68. The standard InChI is InChI=1S/C16H13ClN2O5S/c17-10-1-6-14(21)19(9-10)11-2-4-12(5-3-11)25(23,24)15-13(20)7-8-18-16(15)22/h1-6,9,20H,7-8H2,(H,18,22). The highest BCUT2D eigenvalue weighted by molar-refractivity contribution is 7.96. The molecule has 7 nitrogen and oxygen atoms in total. The number of nitrogens with one attached hydrogen (secondary N) is 1. The van der Waals surface area contributed by atoms with Crippen LogP contribution in [0, 0.1) is 0 Å². The fourth-order valence-electron chi connectivity index (χ4n) is 2.46. The highest BCUT2D eigenvalue weighted by Gasteiger charge is 2.33. The van der Waals surface area contributed by atoms with Gasteiger partial charge in [0.1, 0.15) is 5.76 Å². The van der Waals surface area contributed by atoms with Gasteiger partial charge in [-0.05, 0) is 30.3 Å². The summed E-state index contributed by atoms with van der Waals surface area (Å²) in [6.07, 6.45) is 1.46. The number of hydrogen-bond acceptors (Lipinski definition) is 5. The monoisotopic (exact) mass is 380 g/mol. The van der Waals surface area contributed by atoms with Crippen LogP contribution in [-0.4, -0.2) is 30.5 Å². The van der Waals surface area contributed by atoms with Crippen molar-refractivity contribution >= 4 is 27.3 Å². The Morgan fingerprint density at radius 3 is 2.40 bits per heavy atom. The Bertz CT molecular complexity index is 1040. The van der Waals surface area contributed by atoms with Gasteiger partial charge in [0.25, 0.3) is 11.5 Å². The molecule has 25 heavy (non-hydrogen) atoms. The molecule has 0 fully saturated rings. The van der Waals surface area contributed by atoms with Crippen LogP contribution < -0.4 is 10.9 Å². The molecule has 9 heteroatoms. The van der Waals surface area contributed by atoms with Gasteiger partial charge in [0.2, 0.25) is 9.84 Å². The third-order valence-corrected chi connectivity index (χ3v) is 5.76. The zero-order valence-electron chi connectivity index (χ0n) is 12.8. The largest absolute Gasteiger partial charge is 0.511 e. The third kappa shape index (κ3) is 3.18. The van der Waals surface area contributed by atoms with Crippen LogP contribution in [0.2, 0.25) is 5.02 Å². The van der Waals surface area contributed by atoms with Crippen molar-refractivity contribution in [1.29, 1.82) is 0 Å². The summed E-state index contributed by atoms with van der Waals surface area (Å²) in [5.74, 6) is -1.29. The van der Waals surface area contributed by atoms with E-state index < -0.39 is 26.4 Å². The number of carbonyl (C=O) groups is 1. The quantitative estimate of drug-likeness (QED) is 0.840. The van der Waals surface area contributed by atoms with E-state index >= 15 is 0 Å². The Balaban J connectivity index is 2.04. The lowest BCUT2D eigenvalue weighted by molar-refractivity contribution is -0.117. The number of amides is 1. The molecule has 0 saturated heterocycles. The highest BCUT2D eigenvalue weighted by Crippen LogP contribution is 2.25. The summed E-state index contributed by atoms with van der Waals surface area (Å²) in [5.41, 5.74) is 0.0877. The van der Waals surface area contributed by atoms with Gasteiger partial charge in [0.05, 0.1) is 9.92 Å². The second kappa shape index (κ2) is 6.38. The lowest BCUT2D eigenvalue weighted by Crippen LogP contribution is -2.35. The van der Waals surface area contributed by atoms with E-state index in [1.807, 2.05) is 0 Å². The van der Waals surface area contributed by atoms with Gasteiger partial charge >= 0.3 is 0 Å². The molecule has 2 heterocycles. The van der Waals surface area contributed by atoms with Crippen molar-refractivity contribution in [1.82, 2.24) is 9.88 Å². The number of hydrogen-bond donors (Lipinski definition) is 2. The fraction of sp³-hybridized carbons (Fsp3) is 0.125. The maximum Gasteiger partial charge on any atom is 0.266 e. The van der Waals surface area contributed by atoms with Crippen molar-refractivity contribution in [3.05, 3.63) is 68.6 Å². The highest BCUT2D eigenvalue weighted by atomic mass is 35.5. The van der Waals surface area contributed by atoms with Crippen molar-refractivity contribution in [2.24, 2.45) is 0 Å². The molecule has 1 aliphatic rings. The Labute approximate surface area is 148 Å². The number of rotatable bonds is 3. The van der Waals surface area contributed by atoms with Crippen LogP contribution in [0.5, 0.6) is 0 Å². The molecule has 130 valence electrons. The Morgan fingerprint density at radius 1 is 1.08 bits per heavy atom. The zero-order chi connectivity index (χ0) is 18.2. The van der Waals surface area contributed by atoms with Gasteiger partial charge in [0.15, 0.2) is 4.91 Å². The minimum Gasteiger partial charge on any atom is -0.511 e. The van der Waals surface area contributed by atoms with Gasteiger partial charge in [-0.1, -0.05) is 11.6 Å². The summed E-state index contributed by atoms with van der Waals surface area (Å²) in [7, 11) is -4.17. The number of pyridine rings is 1. The lowest BCUT2D eigenvalue weighted by atomic mass is 10.2. The molecule has 0 atom stereocenters. The van der Waals surface area contributed by atoms with E-state index in [0.717, 1.165) is 0 Å². The number of carbonyl (C=O) groups excluding carboxylic acids is 1. The molecular weight excluding hydrogens is 368 g/mol. The second-order valence-corrected chi connectivity index (χ2v) is 7.66. The van der Waals surface area contributed by atoms with Crippen LogP contribution >= 0.6 is 11.6 Å². The first-order chi connectivity index (χ1) is 11.8. The van der Waals surface area contributed by atoms with Crippen molar-refractivity contribution in [3.63, 3.8) is 0 Å². The minimum atomic E-state index is -4.17. The van der Waals surface area contributed by atoms with E-state index in [4.69, 9.17) is 11.6 Å². The average molecular weight is 381 g/mol. The van der Waals surface area contributed by atoms with Crippen LogP contribution in [0.4, 0.5) is 0 Å². The Kier molecular flexibility index (Phi) is 4.40. The topological polar surface area (TPSA) is 105 Å². The predicted octanol–water partition coefficient (Wildman–Crippen LogP) is 1.55. The predicted molar refractivity (Wildman–Crippen MR) is 91.5 cm³/mol. The van der Waals surface area contributed by atoms with Crippen LogP contribution in [0.1, 0.15) is 6.42 Å². The van der Waals surface area contributed by atoms with Gasteiger partial charge in [-0.2, -0.15) is 0 Å². The maximum absolute atomic E-state index is 12.6. The van der Waals surface area contributed by atoms with Gasteiger partial charge in [-0.25, -0.2) is 8.42 Å². The number of benzene rings is 1. The van der Waals surface area contributed by atoms with Crippen molar-refractivity contribution in [2.75, 3.05) is 6.54 Å². The first-order valence-corrected chi connectivity index (χ1v) is 9.11. The molecule has 3 rings (SSSR count). The summed E-state index contributed by atoms with van der Waals surface area (Å²) < 4.78 is 26.5. The molecule has 0 unspecified atom stereocenters. The van der Waals surface area contributed by atoms with Crippen molar-refractivity contribution in [3.8, 4) is 5.69 Å². The molecule has 0 aliphatic carbocycles. The van der Waals surface area contributed by atoms with E-state index in [1.54, 1.807) is 0 Å². The van der Waals surface area contributed by atoms with Crippen LogP contribution in [0.25, 0.3) is 5.69 Å². The van der Waals surface area contributed by atoms with Gasteiger partial charge in [-0.3, -0.25) is 14.2 Å². The van der Waals surface area contributed by atoms with Gasteiger partial charge < -0.3 is 10.4 Å². The summed E-state index contributed by atoms with van der Waals surface area (Å²) >= 11 is 5.87. The van der Waals surface area contributed by atoms with Gasteiger partial charge in [-0.15, -0.1) is 0 Å². The van der Waals surface area contributed by atoms with E-state index in [9.17, 15) is 23.1 Å². The van der Waals surface area contributed by atoms with E-state index in [-0.39, 0.29) is 23.4 Å². The summed E-state index contributed by atoms with van der Waals surface area (Å²) in [4.78, 5) is 22.9. The van der Waals surface area contributed by atoms with Crippen molar-refractivity contribution in [2.45, 2.75) is 11.3 Å². The molecular formula is C16H13ClN2O5S. The van der Waals surface area contributed by atoms with E-state index in [2.05, 4.69) is 5.32 Å². The molecule has 1 amide bonds. The average Bonchev–Trinajstić information content (AvgIpc) is 2.57. The Morgan fingerprint density at radius 2 is 1.76 bits per heavy atom. The van der Waals surface area contributed by atoms with E-state index in [0.29, 0.717) is 10.7 Å². The summed E-state index contributed by atoms with van der Waals surface area (Å²) in [5, 5.41) is 12.6. The first-order valence-electron chi connectivity index (χ1n) is 7.25. The molecule has 2 aromatic rings. The zero-order valence-corrected chi connectivity index (χ0v) is 14.3. The summed E-state index contributed by atoms with van der Waals surface area (Å²) in [6.45, 7) is 0.181. The van der Waals surface area contributed by atoms with Crippen LogP contribution in [0.3, 0.4) is 0 Å². The lowest BCUT2D eigenvalue weighted by Gasteiger charge is -2.17. The number of halogens is 1. The second-order valence-electron chi connectivity index (χ2n) is 5.33.